The molecule has 1 aromatic heterocycles. The highest BCUT2D eigenvalue weighted by Crippen LogP contribution is 2.36. The third kappa shape index (κ3) is 2.64. The van der Waals surface area contributed by atoms with Gasteiger partial charge >= 0.3 is 5.69 Å². The average Bonchev–Trinajstić information content (AvgIpc) is 2.77. The first-order valence-electron chi connectivity index (χ1n) is 6.52. The Morgan fingerprint density at radius 3 is 2.74 bits per heavy atom. The van der Waals surface area contributed by atoms with E-state index in [0.29, 0.717) is 17.9 Å². The highest BCUT2D eigenvalue weighted by molar-refractivity contribution is 5.02. The van der Waals surface area contributed by atoms with Crippen molar-refractivity contribution in [2.24, 2.45) is 11.8 Å². The molecule has 6 heteroatoms. The van der Waals surface area contributed by atoms with E-state index in [1.807, 2.05) is 0 Å². The smallest absolute Gasteiger partial charge is 0.330 e. The fourth-order valence-corrected chi connectivity index (χ4v) is 2.60. The quantitative estimate of drug-likeness (QED) is 0.831. The van der Waals surface area contributed by atoms with E-state index in [2.05, 4.69) is 18.8 Å². The average molecular weight is 268 g/mol. The lowest BCUT2D eigenvalue weighted by molar-refractivity contribution is -0.0361. The van der Waals surface area contributed by atoms with E-state index in [4.69, 9.17) is 4.74 Å². The number of ether oxygens (including phenoxy) is 1. The lowest BCUT2D eigenvalue weighted by Gasteiger charge is -2.18. The molecular weight excluding hydrogens is 248 g/mol. The van der Waals surface area contributed by atoms with Crippen LogP contribution in [0.3, 0.4) is 0 Å². The summed E-state index contributed by atoms with van der Waals surface area (Å²) < 4.78 is 7.14. The minimum atomic E-state index is -0.471. The number of aliphatic hydroxyl groups is 1. The van der Waals surface area contributed by atoms with Gasteiger partial charge < -0.3 is 9.84 Å². The molecule has 0 aliphatic carbocycles. The number of hydrogen-bond acceptors (Lipinski definition) is 4. The Hall–Kier alpha value is -1.40. The minimum absolute atomic E-state index is 0.0591. The van der Waals surface area contributed by atoms with Crippen LogP contribution in [0, 0.1) is 18.8 Å². The van der Waals surface area contributed by atoms with Crippen molar-refractivity contribution in [2.45, 2.75) is 39.5 Å². The van der Waals surface area contributed by atoms with Crippen molar-refractivity contribution in [1.82, 2.24) is 9.55 Å². The van der Waals surface area contributed by atoms with Crippen LogP contribution in [0.5, 0.6) is 0 Å². The molecule has 3 unspecified atom stereocenters. The van der Waals surface area contributed by atoms with Crippen LogP contribution >= 0.6 is 0 Å². The number of hydrogen-bond donors (Lipinski definition) is 2. The van der Waals surface area contributed by atoms with Gasteiger partial charge in [-0.1, -0.05) is 13.8 Å². The summed E-state index contributed by atoms with van der Waals surface area (Å²) in [6.07, 6.45) is 1.49. The van der Waals surface area contributed by atoms with Crippen molar-refractivity contribution in [3.8, 4) is 0 Å². The number of aromatic nitrogens is 2. The van der Waals surface area contributed by atoms with Gasteiger partial charge in [-0.15, -0.1) is 0 Å². The number of rotatable bonds is 3. The van der Waals surface area contributed by atoms with E-state index in [0.717, 1.165) is 0 Å². The molecule has 2 heterocycles. The molecule has 1 fully saturated rings. The highest BCUT2D eigenvalue weighted by atomic mass is 16.5. The Morgan fingerprint density at radius 1 is 1.53 bits per heavy atom. The summed E-state index contributed by atoms with van der Waals surface area (Å²) in [6.45, 7) is 5.73. The second-order valence-electron chi connectivity index (χ2n) is 5.43. The largest absolute Gasteiger partial charge is 0.394 e. The Bertz CT molecular complexity index is 560. The van der Waals surface area contributed by atoms with E-state index in [9.17, 15) is 14.7 Å². The molecule has 1 aliphatic rings. The molecule has 0 radical (unpaired) electrons. The molecule has 1 aromatic rings. The van der Waals surface area contributed by atoms with Crippen molar-refractivity contribution in [3.63, 3.8) is 0 Å². The van der Waals surface area contributed by atoms with Crippen LogP contribution in [0.25, 0.3) is 0 Å². The molecule has 2 N–H and O–H groups in total. The maximum Gasteiger partial charge on any atom is 0.330 e. The van der Waals surface area contributed by atoms with E-state index in [1.54, 1.807) is 6.92 Å². The fraction of sp³-hybridized carbons (Fsp3) is 0.692. The molecule has 0 aromatic carbocycles. The predicted molar refractivity (Wildman–Crippen MR) is 70.0 cm³/mol. The second kappa shape index (κ2) is 5.30. The topological polar surface area (TPSA) is 84.3 Å². The van der Waals surface area contributed by atoms with Gasteiger partial charge in [0.25, 0.3) is 5.56 Å². The molecule has 3 atom stereocenters. The summed E-state index contributed by atoms with van der Waals surface area (Å²) in [4.78, 5) is 25.4. The Balaban J connectivity index is 2.32. The molecule has 19 heavy (non-hydrogen) atoms. The van der Waals surface area contributed by atoms with Crippen LogP contribution in [0.2, 0.25) is 0 Å². The van der Waals surface area contributed by atoms with E-state index < -0.39 is 11.9 Å². The van der Waals surface area contributed by atoms with Crippen molar-refractivity contribution < 1.29 is 9.84 Å². The monoisotopic (exact) mass is 268 g/mol. The van der Waals surface area contributed by atoms with Gasteiger partial charge in [0.05, 0.1) is 12.7 Å². The Kier molecular flexibility index (Phi) is 3.91. The predicted octanol–water partition coefficient (Wildman–Crippen LogP) is 0.397. The summed E-state index contributed by atoms with van der Waals surface area (Å²) >= 11 is 0. The second-order valence-corrected chi connectivity index (χ2v) is 5.43. The van der Waals surface area contributed by atoms with Crippen LogP contribution < -0.4 is 11.2 Å². The third-order valence-corrected chi connectivity index (χ3v) is 3.78. The first-order valence-corrected chi connectivity index (χ1v) is 6.52. The normalized spacial score (nSPS) is 27.1. The zero-order valence-electron chi connectivity index (χ0n) is 11.4. The van der Waals surface area contributed by atoms with Crippen molar-refractivity contribution in [2.75, 3.05) is 6.61 Å². The first-order chi connectivity index (χ1) is 8.93. The van der Waals surface area contributed by atoms with Gasteiger partial charge in [-0.25, -0.2) is 4.79 Å². The molecular formula is C13H20N2O4. The number of nitrogens with one attached hydrogen (secondary N) is 1. The summed E-state index contributed by atoms with van der Waals surface area (Å²) in [6, 6.07) is 0. The number of aryl methyl sites for hydroxylation is 1. The highest BCUT2D eigenvalue weighted by Gasteiger charge is 2.37. The van der Waals surface area contributed by atoms with Crippen molar-refractivity contribution >= 4 is 0 Å². The van der Waals surface area contributed by atoms with Gasteiger partial charge in [0.1, 0.15) is 6.23 Å². The maximum absolute atomic E-state index is 11.8. The zero-order valence-corrected chi connectivity index (χ0v) is 11.4. The maximum atomic E-state index is 11.8. The van der Waals surface area contributed by atoms with E-state index in [1.165, 1.54) is 10.8 Å². The summed E-state index contributed by atoms with van der Waals surface area (Å²) in [5, 5.41) is 9.35. The molecule has 106 valence electrons. The molecule has 1 aliphatic heterocycles. The van der Waals surface area contributed by atoms with Crippen LogP contribution in [-0.4, -0.2) is 27.4 Å². The van der Waals surface area contributed by atoms with Crippen LogP contribution in [0.1, 0.15) is 32.1 Å². The van der Waals surface area contributed by atoms with E-state index >= 15 is 0 Å². The van der Waals surface area contributed by atoms with Gasteiger partial charge in [-0.2, -0.15) is 0 Å². The number of aromatic amines is 1. The lowest BCUT2D eigenvalue weighted by atomic mass is 9.89. The SMILES string of the molecule is Cc1cn(C2CC(C(C)C)C(CO)O2)c(=O)[nH]c1=O. The van der Waals surface area contributed by atoms with Crippen molar-refractivity contribution in [1.29, 1.82) is 0 Å². The summed E-state index contributed by atoms with van der Waals surface area (Å²) in [5.74, 6) is 0.566. The Labute approximate surface area is 111 Å². The van der Waals surface area contributed by atoms with E-state index in [-0.39, 0.29) is 24.2 Å². The summed E-state index contributed by atoms with van der Waals surface area (Å²) in [7, 11) is 0. The standard InChI is InChI=1S/C13H20N2O4/c1-7(2)9-4-11(19-10(9)6-16)15-5-8(3)12(17)14-13(15)18/h5,7,9-11,16H,4,6H2,1-3H3,(H,14,17,18). The molecule has 0 saturated carbocycles. The number of H-pyrrole nitrogens is 1. The lowest BCUT2D eigenvalue weighted by Crippen LogP contribution is -2.33. The third-order valence-electron chi connectivity index (χ3n) is 3.78. The van der Waals surface area contributed by atoms with Crippen molar-refractivity contribution in [3.05, 3.63) is 32.6 Å². The fourth-order valence-electron chi connectivity index (χ4n) is 2.60. The molecule has 2 rings (SSSR count). The van der Waals surface area contributed by atoms with Gasteiger partial charge in [0, 0.05) is 11.8 Å². The molecule has 0 amide bonds. The van der Waals surface area contributed by atoms with Gasteiger partial charge in [-0.05, 0) is 25.2 Å². The van der Waals surface area contributed by atoms with Gasteiger partial charge in [0.2, 0.25) is 0 Å². The van der Waals surface area contributed by atoms with Crippen LogP contribution in [0.4, 0.5) is 0 Å². The van der Waals surface area contributed by atoms with Crippen LogP contribution in [-0.2, 0) is 4.74 Å². The number of nitrogens with zero attached hydrogens (tertiary/aromatic N) is 1. The molecule has 6 nitrogen and oxygen atoms in total. The van der Waals surface area contributed by atoms with Gasteiger partial charge in [0.15, 0.2) is 0 Å². The Morgan fingerprint density at radius 2 is 2.21 bits per heavy atom. The molecule has 0 bridgehead atoms. The molecule has 1 saturated heterocycles. The molecule has 0 spiro atoms. The van der Waals surface area contributed by atoms with Gasteiger partial charge in [-0.3, -0.25) is 14.3 Å². The number of aliphatic hydroxyl groups excluding tert-OH is 1. The van der Waals surface area contributed by atoms with Crippen LogP contribution in [0.15, 0.2) is 15.8 Å². The first kappa shape index (κ1) is 14.0. The minimum Gasteiger partial charge on any atom is -0.394 e. The summed E-state index contributed by atoms with van der Waals surface area (Å²) in [5.41, 5.74) is -0.378. The zero-order chi connectivity index (χ0) is 14.2.